The van der Waals surface area contributed by atoms with Crippen molar-refractivity contribution in [3.05, 3.63) is 33.9 Å². The summed E-state index contributed by atoms with van der Waals surface area (Å²) in [6, 6.07) is 1.33. The zero-order chi connectivity index (χ0) is 13.3. The number of hydrogen-bond acceptors (Lipinski definition) is 4. The van der Waals surface area contributed by atoms with Crippen LogP contribution in [0.4, 0.5) is 20.2 Å². The second-order valence-electron chi connectivity index (χ2n) is 4.08. The van der Waals surface area contributed by atoms with Gasteiger partial charge in [-0.2, -0.15) is 0 Å². The molecule has 18 heavy (non-hydrogen) atoms. The Morgan fingerprint density at radius 3 is 2.39 bits per heavy atom. The molecule has 96 valence electrons. The highest BCUT2D eigenvalue weighted by atomic mass is 19.1. The molecule has 0 aliphatic carbocycles. The Bertz CT molecular complexity index is 496. The smallest absolute Gasteiger partial charge is 0.275 e. The molecule has 0 unspecified atom stereocenters. The van der Waals surface area contributed by atoms with E-state index in [1.807, 2.05) is 0 Å². The quantitative estimate of drug-likeness (QED) is 0.600. The van der Waals surface area contributed by atoms with Gasteiger partial charge in [0, 0.05) is 13.0 Å². The number of ketones is 1. The molecule has 0 atom stereocenters. The molecule has 2 rings (SSSR count). The van der Waals surface area contributed by atoms with Crippen LogP contribution in [0, 0.1) is 21.7 Å². The van der Waals surface area contributed by atoms with Crippen LogP contribution in [-0.2, 0) is 4.79 Å². The number of nitrogens with zero attached hydrogens (tertiary/aromatic N) is 2. The predicted molar refractivity (Wildman–Crippen MR) is 59.5 cm³/mol. The van der Waals surface area contributed by atoms with E-state index in [1.54, 1.807) is 0 Å². The zero-order valence-electron chi connectivity index (χ0n) is 9.36. The summed E-state index contributed by atoms with van der Waals surface area (Å²) in [5.41, 5.74) is -1.01. The average molecular weight is 256 g/mol. The number of rotatable bonds is 2. The van der Waals surface area contributed by atoms with Crippen molar-refractivity contribution in [1.29, 1.82) is 0 Å². The molecular formula is C11H10F2N2O3. The fraction of sp³-hybridized carbons (Fsp3) is 0.364. The minimum Gasteiger partial charge on any atom is -0.359 e. The number of piperidine rings is 1. The van der Waals surface area contributed by atoms with Crippen LogP contribution in [0.5, 0.6) is 0 Å². The number of hydrogen-bond donors (Lipinski definition) is 0. The molecule has 1 aliphatic rings. The summed E-state index contributed by atoms with van der Waals surface area (Å²) < 4.78 is 27.4. The number of anilines is 1. The van der Waals surface area contributed by atoms with Crippen LogP contribution < -0.4 is 4.90 Å². The van der Waals surface area contributed by atoms with E-state index in [0.717, 1.165) is 0 Å². The molecule has 0 aromatic heterocycles. The van der Waals surface area contributed by atoms with E-state index >= 15 is 0 Å². The van der Waals surface area contributed by atoms with Crippen molar-refractivity contribution in [2.75, 3.05) is 18.0 Å². The highest BCUT2D eigenvalue weighted by Crippen LogP contribution is 2.29. The lowest BCUT2D eigenvalue weighted by Gasteiger charge is -2.28. The summed E-state index contributed by atoms with van der Waals surface area (Å²) in [4.78, 5) is 22.1. The number of halogens is 2. The third kappa shape index (κ3) is 2.29. The van der Waals surface area contributed by atoms with Crippen LogP contribution >= 0.6 is 0 Å². The summed E-state index contributed by atoms with van der Waals surface area (Å²) in [5, 5.41) is 10.4. The van der Waals surface area contributed by atoms with Crippen LogP contribution in [0.1, 0.15) is 12.8 Å². The van der Waals surface area contributed by atoms with Gasteiger partial charge in [-0.15, -0.1) is 0 Å². The minimum atomic E-state index is -1.02. The molecule has 0 saturated carbocycles. The molecule has 0 N–H and O–H groups in total. The second kappa shape index (κ2) is 4.67. The standard InChI is InChI=1S/C11H10F2N2O3/c12-9-4-7(15(17)18)5-10(13)11(9)14-3-1-2-8(16)6-14/h4-5H,1-3,6H2. The van der Waals surface area contributed by atoms with Crippen molar-refractivity contribution in [1.82, 2.24) is 0 Å². The molecule has 0 amide bonds. The third-order valence-corrected chi connectivity index (χ3v) is 2.78. The maximum atomic E-state index is 13.7. The Kier molecular flexibility index (Phi) is 3.22. The van der Waals surface area contributed by atoms with E-state index in [0.29, 0.717) is 31.5 Å². The van der Waals surface area contributed by atoms with Gasteiger partial charge in [-0.3, -0.25) is 14.9 Å². The third-order valence-electron chi connectivity index (χ3n) is 2.78. The molecule has 0 radical (unpaired) electrons. The van der Waals surface area contributed by atoms with Gasteiger partial charge in [0.1, 0.15) is 5.69 Å². The minimum absolute atomic E-state index is 0.0638. The second-order valence-corrected chi connectivity index (χ2v) is 4.08. The Morgan fingerprint density at radius 2 is 1.89 bits per heavy atom. The first-order chi connectivity index (χ1) is 8.49. The van der Waals surface area contributed by atoms with Crippen molar-refractivity contribution < 1.29 is 18.5 Å². The van der Waals surface area contributed by atoms with Gasteiger partial charge in [-0.1, -0.05) is 0 Å². The van der Waals surface area contributed by atoms with Crippen molar-refractivity contribution in [3.8, 4) is 0 Å². The average Bonchev–Trinajstić information content (AvgIpc) is 2.27. The van der Waals surface area contributed by atoms with Gasteiger partial charge in [0.2, 0.25) is 0 Å². The first-order valence-electron chi connectivity index (χ1n) is 5.39. The molecule has 1 fully saturated rings. The SMILES string of the molecule is O=C1CCCN(c2c(F)cc([N+](=O)[O-])cc2F)C1. The van der Waals surface area contributed by atoms with E-state index in [9.17, 15) is 23.7 Å². The molecule has 1 aromatic rings. The molecule has 7 heteroatoms. The number of benzene rings is 1. The van der Waals surface area contributed by atoms with Gasteiger partial charge >= 0.3 is 0 Å². The molecule has 1 saturated heterocycles. The lowest BCUT2D eigenvalue weighted by Crippen LogP contribution is -2.36. The number of nitro groups is 1. The van der Waals surface area contributed by atoms with Crippen LogP contribution in [0.25, 0.3) is 0 Å². The lowest BCUT2D eigenvalue weighted by molar-refractivity contribution is -0.385. The van der Waals surface area contributed by atoms with Gasteiger partial charge < -0.3 is 4.90 Å². The summed E-state index contributed by atoms with van der Waals surface area (Å²) in [7, 11) is 0. The van der Waals surface area contributed by atoms with Crippen LogP contribution in [0.3, 0.4) is 0 Å². The highest BCUT2D eigenvalue weighted by Gasteiger charge is 2.25. The maximum absolute atomic E-state index is 13.7. The van der Waals surface area contributed by atoms with Gasteiger partial charge in [-0.05, 0) is 6.42 Å². The Balaban J connectivity index is 2.38. The fourth-order valence-corrected chi connectivity index (χ4v) is 1.99. The first-order valence-corrected chi connectivity index (χ1v) is 5.39. The van der Waals surface area contributed by atoms with Crippen molar-refractivity contribution in [3.63, 3.8) is 0 Å². The molecule has 1 aliphatic heterocycles. The maximum Gasteiger partial charge on any atom is 0.275 e. The number of Topliss-reactive ketones (excluding diaryl/α,β-unsaturated/α-hetero) is 1. The van der Waals surface area contributed by atoms with Crippen LogP contribution in [0.2, 0.25) is 0 Å². The van der Waals surface area contributed by atoms with E-state index in [-0.39, 0.29) is 18.0 Å². The number of nitro benzene ring substituents is 1. The number of non-ortho nitro benzene ring substituents is 1. The Hall–Kier alpha value is -2.05. The largest absolute Gasteiger partial charge is 0.359 e. The van der Waals surface area contributed by atoms with Crippen molar-refractivity contribution >= 4 is 17.2 Å². The van der Waals surface area contributed by atoms with Gasteiger partial charge in [0.15, 0.2) is 17.4 Å². The van der Waals surface area contributed by atoms with Gasteiger partial charge in [0.05, 0.1) is 23.6 Å². The molecule has 1 heterocycles. The molecule has 0 spiro atoms. The topological polar surface area (TPSA) is 63.5 Å². The summed E-state index contributed by atoms with van der Waals surface area (Å²) in [5.74, 6) is -2.13. The Labute approximate surface area is 101 Å². The van der Waals surface area contributed by atoms with E-state index in [1.165, 1.54) is 4.90 Å². The van der Waals surface area contributed by atoms with E-state index < -0.39 is 22.2 Å². The lowest BCUT2D eigenvalue weighted by atomic mass is 10.1. The van der Waals surface area contributed by atoms with Crippen molar-refractivity contribution in [2.45, 2.75) is 12.8 Å². The van der Waals surface area contributed by atoms with Gasteiger partial charge in [-0.25, -0.2) is 8.78 Å². The molecule has 1 aromatic carbocycles. The first kappa shape index (κ1) is 12.4. The molecular weight excluding hydrogens is 246 g/mol. The monoisotopic (exact) mass is 256 g/mol. The zero-order valence-corrected chi connectivity index (χ0v) is 9.36. The normalized spacial score (nSPS) is 15.9. The predicted octanol–water partition coefficient (Wildman–Crippen LogP) is 2.04. The summed E-state index contributed by atoms with van der Waals surface area (Å²) >= 11 is 0. The van der Waals surface area contributed by atoms with Gasteiger partial charge in [0.25, 0.3) is 5.69 Å². The van der Waals surface area contributed by atoms with Crippen LogP contribution in [-0.4, -0.2) is 23.8 Å². The number of carbonyl (C=O) groups is 1. The fourth-order valence-electron chi connectivity index (χ4n) is 1.99. The Morgan fingerprint density at radius 1 is 1.28 bits per heavy atom. The molecule has 0 bridgehead atoms. The van der Waals surface area contributed by atoms with Crippen molar-refractivity contribution in [2.24, 2.45) is 0 Å². The van der Waals surface area contributed by atoms with E-state index in [4.69, 9.17) is 0 Å². The van der Waals surface area contributed by atoms with Crippen LogP contribution in [0.15, 0.2) is 12.1 Å². The highest BCUT2D eigenvalue weighted by molar-refractivity contribution is 5.84. The summed E-state index contributed by atoms with van der Waals surface area (Å²) in [6.45, 7) is 0.295. The van der Waals surface area contributed by atoms with E-state index in [2.05, 4.69) is 0 Å². The molecule has 5 nitrogen and oxygen atoms in total. The number of carbonyl (C=O) groups excluding carboxylic acids is 1. The summed E-state index contributed by atoms with van der Waals surface area (Å²) in [6.07, 6.45) is 0.918.